The van der Waals surface area contributed by atoms with Crippen LogP contribution in [0.15, 0.2) is 30.5 Å². The maximum absolute atomic E-state index is 13.0. The van der Waals surface area contributed by atoms with Gasteiger partial charge in [-0.2, -0.15) is 10.2 Å². The first kappa shape index (κ1) is 22.0. The van der Waals surface area contributed by atoms with Gasteiger partial charge in [-0.15, -0.1) is 0 Å². The molecule has 0 spiro atoms. The fraction of sp³-hybridized carbons (Fsp3) is 0.455. The number of nitrogens with one attached hydrogen (secondary N) is 2. The molecular weight excluding hydrogens is 400 g/mol. The highest BCUT2D eigenvalue weighted by molar-refractivity contribution is 6.32. The Hall–Kier alpha value is -2.69. The highest BCUT2D eigenvalue weighted by atomic mass is 35.5. The van der Waals surface area contributed by atoms with Crippen molar-refractivity contribution in [1.29, 1.82) is 5.26 Å². The minimum Gasteiger partial charge on any atom is -0.310 e. The van der Waals surface area contributed by atoms with Gasteiger partial charge in [0.2, 0.25) is 5.82 Å². The Labute approximate surface area is 182 Å². The van der Waals surface area contributed by atoms with Crippen LogP contribution in [-0.4, -0.2) is 28.0 Å². The zero-order chi connectivity index (χ0) is 21.5. The molecule has 7 nitrogen and oxygen atoms in total. The lowest BCUT2D eigenvalue weighted by Crippen LogP contribution is -2.48. The lowest BCUT2D eigenvalue weighted by Gasteiger charge is -2.30. The standard InChI is InChI=1S/C22H27ClN6O/c1-3-15(2)25-13-16-8-10-17(11-9-16)22(30)28-29(18-6-4-5-7-18)21-19(23)14-26-20(12-24)27-21/h8-11,14-15,18,25H,3-7,13H2,1-2H3,(H,28,30). The second-order valence-corrected chi connectivity index (χ2v) is 8.02. The van der Waals surface area contributed by atoms with Gasteiger partial charge in [-0.05, 0) is 43.9 Å². The van der Waals surface area contributed by atoms with Crippen molar-refractivity contribution in [3.63, 3.8) is 0 Å². The van der Waals surface area contributed by atoms with Crippen LogP contribution in [0.1, 0.15) is 67.7 Å². The van der Waals surface area contributed by atoms with Crippen molar-refractivity contribution in [2.24, 2.45) is 0 Å². The molecule has 1 saturated carbocycles. The third-order valence-corrected chi connectivity index (χ3v) is 5.72. The van der Waals surface area contributed by atoms with E-state index in [9.17, 15) is 4.79 Å². The van der Waals surface area contributed by atoms with E-state index in [0.29, 0.717) is 22.4 Å². The van der Waals surface area contributed by atoms with Crippen LogP contribution in [0, 0.1) is 11.3 Å². The van der Waals surface area contributed by atoms with Gasteiger partial charge in [-0.3, -0.25) is 15.2 Å². The third kappa shape index (κ3) is 5.47. The minimum atomic E-state index is -0.239. The van der Waals surface area contributed by atoms with E-state index in [1.165, 1.54) is 6.20 Å². The molecule has 0 saturated heterocycles. The van der Waals surface area contributed by atoms with Crippen molar-refractivity contribution in [3.8, 4) is 6.07 Å². The maximum Gasteiger partial charge on any atom is 0.269 e. The van der Waals surface area contributed by atoms with Gasteiger partial charge in [0.15, 0.2) is 5.82 Å². The Morgan fingerprint density at radius 3 is 2.67 bits per heavy atom. The summed E-state index contributed by atoms with van der Waals surface area (Å²) < 4.78 is 0. The lowest BCUT2D eigenvalue weighted by atomic mass is 10.1. The van der Waals surface area contributed by atoms with E-state index in [-0.39, 0.29) is 17.8 Å². The molecular formula is C22H27ClN6O. The summed E-state index contributed by atoms with van der Waals surface area (Å²) in [5.41, 5.74) is 4.63. The summed E-state index contributed by atoms with van der Waals surface area (Å²) in [4.78, 5) is 21.1. The van der Waals surface area contributed by atoms with Gasteiger partial charge in [0.1, 0.15) is 11.1 Å². The van der Waals surface area contributed by atoms with E-state index in [4.69, 9.17) is 16.9 Å². The summed E-state index contributed by atoms with van der Waals surface area (Å²) >= 11 is 6.31. The summed E-state index contributed by atoms with van der Waals surface area (Å²) in [6, 6.07) is 10.00. The number of anilines is 1. The van der Waals surface area contributed by atoms with Gasteiger partial charge in [0, 0.05) is 18.2 Å². The molecule has 1 unspecified atom stereocenters. The van der Waals surface area contributed by atoms with Crippen molar-refractivity contribution >= 4 is 23.3 Å². The van der Waals surface area contributed by atoms with Crippen LogP contribution in [-0.2, 0) is 6.54 Å². The van der Waals surface area contributed by atoms with Crippen LogP contribution in [0.25, 0.3) is 0 Å². The number of carbonyl (C=O) groups is 1. The highest BCUT2D eigenvalue weighted by Crippen LogP contribution is 2.30. The molecule has 0 bridgehead atoms. The Morgan fingerprint density at radius 1 is 1.33 bits per heavy atom. The first-order valence-electron chi connectivity index (χ1n) is 10.4. The van der Waals surface area contributed by atoms with Gasteiger partial charge < -0.3 is 5.32 Å². The molecule has 158 valence electrons. The SMILES string of the molecule is CCC(C)NCc1ccc(C(=O)NN(c2nc(C#N)ncc2Cl)C2CCCC2)cc1. The zero-order valence-electron chi connectivity index (χ0n) is 17.4. The Kier molecular flexibility index (Phi) is 7.61. The molecule has 1 heterocycles. The van der Waals surface area contributed by atoms with Crippen LogP contribution in [0.4, 0.5) is 5.82 Å². The number of amides is 1. The number of aromatic nitrogens is 2. The molecule has 1 amide bonds. The molecule has 1 aliphatic carbocycles. The molecule has 1 aromatic carbocycles. The fourth-order valence-corrected chi connectivity index (χ4v) is 3.63. The fourth-order valence-electron chi connectivity index (χ4n) is 3.44. The lowest BCUT2D eigenvalue weighted by molar-refractivity contribution is 0.0944. The smallest absolute Gasteiger partial charge is 0.269 e. The van der Waals surface area contributed by atoms with Crippen LogP contribution in [0.3, 0.4) is 0 Å². The average Bonchev–Trinajstić information content (AvgIpc) is 3.31. The monoisotopic (exact) mass is 426 g/mol. The van der Waals surface area contributed by atoms with Crippen molar-refractivity contribution in [2.45, 2.75) is 64.6 Å². The highest BCUT2D eigenvalue weighted by Gasteiger charge is 2.28. The van der Waals surface area contributed by atoms with Crippen LogP contribution in [0.5, 0.6) is 0 Å². The molecule has 1 atom stereocenters. The number of hydrogen-bond acceptors (Lipinski definition) is 6. The maximum atomic E-state index is 13.0. The van der Waals surface area contributed by atoms with E-state index in [0.717, 1.165) is 44.2 Å². The summed E-state index contributed by atoms with van der Waals surface area (Å²) in [6.07, 6.45) is 6.45. The molecule has 0 radical (unpaired) electrons. The number of nitriles is 1. The molecule has 1 aromatic heterocycles. The summed E-state index contributed by atoms with van der Waals surface area (Å²) in [6.45, 7) is 5.05. The molecule has 1 fully saturated rings. The predicted molar refractivity (Wildman–Crippen MR) is 117 cm³/mol. The number of nitrogens with zero attached hydrogens (tertiary/aromatic N) is 4. The number of hydrogen-bond donors (Lipinski definition) is 2. The first-order valence-corrected chi connectivity index (χ1v) is 10.7. The number of hydrazine groups is 1. The van der Waals surface area contributed by atoms with Gasteiger partial charge in [0.05, 0.1) is 12.2 Å². The van der Waals surface area contributed by atoms with Crippen molar-refractivity contribution in [3.05, 3.63) is 52.4 Å². The van der Waals surface area contributed by atoms with E-state index >= 15 is 0 Å². The summed E-state index contributed by atoms with van der Waals surface area (Å²) in [5.74, 6) is 0.138. The third-order valence-electron chi connectivity index (χ3n) is 5.45. The molecule has 1 aliphatic rings. The largest absolute Gasteiger partial charge is 0.310 e. The number of carbonyl (C=O) groups excluding carboxylic acids is 1. The van der Waals surface area contributed by atoms with E-state index in [2.05, 4.69) is 34.6 Å². The van der Waals surface area contributed by atoms with Crippen molar-refractivity contribution < 1.29 is 4.79 Å². The summed E-state index contributed by atoms with van der Waals surface area (Å²) in [7, 11) is 0. The predicted octanol–water partition coefficient (Wildman–Crippen LogP) is 3.98. The Morgan fingerprint density at radius 2 is 2.03 bits per heavy atom. The quantitative estimate of drug-likeness (QED) is 0.620. The van der Waals surface area contributed by atoms with Crippen molar-refractivity contribution in [1.82, 2.24) is 20.7 Å². The van der Waals surface area contributed by atoms with Crippen molar-refractivity contribution in [2.75, 3.05) is 5.01 Å². The minimum absolute atomic E-state index is 0.0183. The van der Waals surface area contributed by atoms with Crippen LogP contribution in [0.2, 0.25) is 5.02 Å². The molecule has 8 heteroatoms. The topological polar surface area (TPSA) is 93.9 Å². The molecule has 3 rings (SSSR count). The van der Waals surface area contributed by atoms with Gasteiger partial charge in [-0.1, -0.05) is 43.5 Å². The van der Waals surface area contributed by atoms with Gasteiger partial charge in [-0.25, -0.2) is 4.98 Å². The first-order chi connectivity index (χ1) is 14.5. The molecule has 2 aromatic rings. The number of benzene rings is 1. The number of rotatable bonds is 8. The molecule has 2 N–H and O–H groups in total. The Balaban J connectivity index is 1.76. The Bertz CT molecular complexity index is 905. The van der Waals surface area contributed by atoms with Crippen LogP contribution >= 0.6 is 11.6 Å². The van der Waals surface area contributed by atoms with E-state index in [1.807, 2.05) is 30.3 Å². The molecule has 30 heavy (non-hydrogen) atoms. The van der Waals surface area contributed by atoms with Crippen LogP contribution < -0.4 is 15.8 Å². The van der Waals surface area contributed by atoms with E-state index in [1.54, 1.807) is 5.01 Å². The number of halogens is 1. The zero-order valence-corrected chi connectivity index (χ0v) is 18.1. The average molecular weight is 427 g/mol. The van der Waals surface area contributed by atoms with E-state index < -0.39 is 0 Å². The second kappa shape index (κ2) is 10.4. The molecule has 0 aliphatic heterocycles. The summed E-state index contributed by atoms with van der Waals surface area (Å²) in [5, 5.41) is 14.6. The van der Waals surface area contributed by atoms with Gasteiger partial charge >= 0.3 is 0 Å². The van der Waals surface area contributed by atoms with Gasteiger partial charge in [0.25, 0.3) is 5.91 Å². The second-order valence-electron chi connectivity index (χ2n) is 7.61. The normalized spacial score (nSPS) is 14.9.